The molecule has 2 N–H and O–H groups in total. The molecule has 2 nitrogen and oxygen atoms in total. The number of phenols is 2. The summed E-state index contributed by atoms with van der Waals surface area (Å²) >= 11 is 0. The maximum absolute atomic E-state index is 10.6. The maximum atomic E-state index is 10.6. The van der Waals surface area contributed by atoms with Crippen LogP contribution in [0.15, 0.2) is 35.9 Å². The quantitative estimate of drug-likeness (QED) is 0.620. The third kappa shape index (κ3) is 4.43. The highest BCUT2D eigenvalue weighted by molar-refractivity contribution is 5.51. The first-order valence-electron chi connectivity index (χ1n) is 9.17. The average molecular weight is 328 g/mol. The zero-order valence-electron chi connectivity index (χ0n) is 15.6. The molecule has 1 aromatic carbocycles. The summed E-state index contributed by atoms with van der Waals surface area (Å²) in [6, 6.07) is 3.67. The zero-order chi connectivity index (χ0) is 17.9. The minimum absolute atomic E-state index is 0.0148. The van der Waals surface area contributed by atoms with Crippen molar-refractivity contribution in [3.63, 3.8) is 0 Å². The van der Waals surface area contributed by atoms with Crippen molar-refractivity contribution in [2.24, 2.45) is 11.8 Å². The van der Waals surface area contributed by atoms with E-state index in [1.54, 1.807) is 0 Å². The molecule has 0 amide bonds. The number of benzene rings is 1. The Labute approximate surface area is 146 Å². The second-order valence-electron chi connectivity index (χ2n) is 7.86. The number of hydrogen-bond donors (Lipinski definition) is 2. The average Bonchev–Trinajstić information content (AvgIpc) is 2.45. The van der Waals surface area contributed by atoms with Crippen LogP contribution in [0.4, 0.5) is 0 Å². The molecule has 0 fully saturated rings. The van der Waals surface area contributed by atoms with E-state index in [4.69, 9.17) is 0 Å². The largest absolute Gasteiger partial charge is 0.507 e. The van der Waals surface area contributed by atoms with Gasteiger partial charge >= 0.3 is 0 Å². The highest BCUT2D eigenvalue weighted by Gasteiger charge is 2.30. The molecule has 1 aliphatic carbocycles. The van der Waals surface area contributed by atoms with Gasteiger partial charge in [0.15, 0.2) is 0 Å². The number of aromatic hydroxyl groups is 2. The van der Waals surface area contributed by atoms with E-state index in [1.165, 1.54) is 5.57 Å². The smallest absolute Gasteiger partial charge is 0.123 e. The Morgan fingerprint density at radius 2 is 1.88 bits per heavy atom. The third-order valence-electron chi connectivity index (χ3n) is 5.16. The molecular formula is C22H32O2. The minimum Gasteiger partial charge on any atom is -0.507 e. The van der Waals surface area contributed by atoms with Crippen molar-refractivity contribution >= 4 is 0 Å². The fourth-order valence-corrected chi connectivity index (χ4v) is 3.79. The molecule has 1 aliphatic rings. The molecule has 2 unspecified atom stereocenters. The Kier molecular flexibility index (Phi) is 6.15. The second-order valence-corrected chi connectivity index (χ2v) is 7.86. The molecule has 2 heteroatoms. The molecule has 0 spiro atoms. The molecule has 24 heavy (non-hydrogen) atoms. The zero-order valence-corrected chi connectivity index (χ0v) is 15.6. The SMILES string of the molecule is C=C(C)C1CCC(C)=CC1c1c(O)cc(CCCC(C)C)cc1O. The van der Waals surface area contributed by atoms with Crippen LogP contribution in [0.2, 0.25) is 0 Å². The minimum atomic E-state index is 0.0148. The van der Waals surface area contributed by atoms with Gasteiger partial charge in [-0.1, -0.05) is 44.1 Å². The Morgan fingerprint density at radius 3 is 2.42 bits per heavy atom. The highest BCUT2D eigenvalue weighted by Crippen LogP contribution is 2.46. The van der Waals surface area contributed by atoms with Crippen molar-refractivity contribution in [1.29, 1.82) is 0 Å². The third-order valence-corrected chi connectivity index (χ3v) is 5.16. The summed E-state index contributed by atoms with van der Waals surface area (Å²) in [5, 5.41) is 21.2. The lowest BCUT2D eigenvalue weighted by atomic mass is 9.73. The lowest BCUT2D eigenvalue weighted by Crippen LogP contribution is -2.17. The number of allylic oxidation sites excluding steroid dienone is 3. The van der Waals surface area contributed by atoms with Crippen LogP contribution in [0, 0.1) is 11.8 Å². The van der Waals surface area contributed by atoms with Gasteiger partial charge in [-0.2, -0.15) is 0 Å². The van der Waals surface area contributed by atoms with E-state index in [2.05, 4.69) is 33.4 Å². The van der Waals surface area contributed by atoms with E-state index in [-0.39, 0.29) is 23.3 Å². The van der Waals surface area contributed by atoms with E-state index in [0.29, 0.717) is 11.5 Å². The molecule has 2 atom stereocenters. The van der Waals surface area contributed by atoms with Crippen molar-refractivity contribution in [2.75, 3.05) is 0 Å². The van der Waals surface area contributed by atoms with Crippen molar-refractivity contribution < 1.29 is 10.2 Å². The second kappa shape index (κ2) is 7.92. The van der Waals surface area contributed by atoms with Gasteiger partial charge in [0.25, 0.3) is 0 Å². The Morgan fingerprint density at radius 1 is 1.25 bits per heavy atom. The predicted octanol–water partition coefficient (Wildman–Crippen LogP) is 6.09. The lowest BCUT2D eigenvalue weighted by molar-refractivity contribution is 0.406. The van der Waals surface area contributed by atoms with Gasteiger partial charge in [-0.15, -0.1) is 0 Å². The van der Waals surface area contributed by atoms with Crippen LogP contribution in [0.5, 0.6) is 11.5 Å². The van der Waals surface area contributed by atoms with Crippen LogP contribution in [-0.4, -0.2) is 10.2 Å². The van der Waals surface area contributed by atoms with E-state index >= 15 is 0 Å². The number of hydrogen-bond acceptors (Lipinski definition) is 2. The van der Waals surface area contributed by atoms with Crippen molar-refractivity contribution in [3.8, 4) is 11.5 Å². The Bertz CT molecular complexity index is 602. The van der Waals surface area contributed by atoms with Crippen LogP contribution >= 0.6 is 0 Å². The van der Waals surface area contributed by atoms with Crippen molar-refractivity contribution in [1.82, 2.24) is 0 Å². The van der Waals surface area contributed by atoms with Gasteiger partial charge < -0.3 is 10.2 Å². The molecule has 2 rings (SSSR count). The van der Waals surface area contributed by atoms with E-state index in [1.807, 2.05) is 19.1 Å². The van der Waals surface area contributed by atoms with E-state index in [9.17, 15) is 10.2 Å². The molecule has 0 bridgehead atoms. The summed E-state index contributed by atoms with van der Waals surface area (Å²) in [5.74, 6) is 1.41. The molecule has 0 heterocycles. The van der Waals surface area contributed by atoms with Crippen LogP contribution in [0.1, 0.15) is 70.4 Å². The van der Waals surface area contributed by atoms with Gasteiger partial charge in [-0.3, -0.25) is 0 Å². The molecule has 0 radical (unpaired) electrons. The van der Waals surface area contributed by atoms with Crippen LogP contribution in [-0.2, 0) is 6.42 Å². The number of phenolic OH excluding ortho intramolecular Hbond substituents is 2. The first-order chi connectivity index (χ1) is 11.3. The summed E-state index contributed by atoms with van der Waals surface area (Å²) in [6.07, 6.45) is 7.40. The molecule has 0 aliphatic heterocycles. The summed E-state index contributed by atoms with van der Waals surface area (Å²) < 4.78 is 0. The standard InChI is InChI=1S/C22H32O2/c1-14(2)7-6-8-17-12-20(23)22(21(24)13-17)19-11-16(5)9-10-18(19)15(3)4/h11-14,18-19,23-24H,3,6-10H2,1-2,4-5H3. The molecule has 1 aromatic rings. The number of aryl methyl sites for hydroxylation is 1. The summed E-state index contributed by atoms with van der Waals surface area (Å²) in [4.78, 5) is 0. The van der Waals surface area contributed by atoms with E-state index in [0.717, 1.165) is 43.2 Å². The fourth-order valence-electron chi connectivity index (χ4n) is 3.79. The molecular weight excluding hydrogens is 296 g/mol. The molecule has 0 saturated carbocycles. The molecule has 0 saturated heterocycles. The van der Waals surface area contributed by atoms with Gasteiger partial charge in [0.05, 0.1) is 0 Å². The van der Waals surface area contributed by atoms with Gasteiger partial charge in [0.1, 0.15) is 11.5 Å². The predicted molar refractivity (Wildman–Crippen MR) is 102 cm³/mol. The Hall–Kier alpha value is -1.70. The van der Waals surface area contributed by atoms with Crippen molar-refractivity contribution in [3.05, 3.63) is 47.1 Å². The first-order valence-corrected chi connectivity index (χ1v) is 9.17. The van der Waals surface area contributed by atoms with Gasteiger partial charge in [0, 0.05) is 11.5 Å². The summed E-state index contributed by atoms with van der Waals surface area (Å²) in [5.41, 5.74) is 4.10. The van der Waals surface area contributed by atoms with Gasteiger partial charge in [-0.05, 0) is 69.1 Å². The normalized spacial score (nSPS) is 21.0. The summed E-state index contributed by atoms with van der Waals surface area (Å²) in [6.45, 7) is 12.7. The monoisotopic (exact) mass is 328 g/mol. The summed E-state index contributed by atoms with van der Waals surface area (Å²) in [7, 11) is 0. The van der Waals surface area contributed by atoms with Gasteiger partial charge in [-0.25, -0.2) is 0 Å². The van der Waals surface area contributed by atoms with Crippen LogP contribution in [0.25, 0.3) is 0 Å². The Balaban J connectivity index is 2.29. The maximum Gasteiger partial charge on any atom is 0.123 e. The highest BCUT2D eigenvalue weighted by atomic mass is 16.3. The van der Waals surface area contributed by atoms with Crippen molar-refractivity contribution in [2.45, 2.75) is 65.7 Å². The first kappa shape index (κ1) is 18.6. The number of rotatable bonds is 6. The topological polar surface area (TPSA) is 40.5 Å². The fraction of sp³-hybridized carbons (Fsp3) is 0.545. The lowest BCUT2D eigenvalue weighted by Gasteiger charge is -2.31. The van der Waals surface area contributed by atoms with E-state index < -0.39 is 0 Å². The molecule has 132 valence electrons. The van der Waals surface area contributed by atoms with Crippen LogP contribution in [0.3, 0.4) is 0 Å². The molecule has 0 aromatic heterocycles. The van der Waals surface area contributed by atoms with Gasteiger partial charge in [0.2, 0.25) is 0 Å². The van der Waals surface area contributed by atoms with Crippen LogP contribution < -0.4 is 0 Å².